The lowest BCUT2D eigenvalue weighted by Gasteiger charge is -2.23. The zero-order valence-corrected chi connectivity index (χ0v) is 15.9. The number of nitrogens with zero attached hydrogens (tertiary/aromatic N) is 2. The number of carbonyl (C=O) groups is 1. The highest BCUT2D eigenvalue weighted by molar-refractivity contribution is 7.91. The molecule has 1 amide bonds. The van der Waals surface area contributed by atoms with E-state index in [1.807, 2.05) is 13.8 Å². The third-order valence-corrected chi connectivity index (χ3v) is 5.90. The number of hydrogen-bond acceptors (Lipinski definition) is 4. The Morgan fingerprint density at radius 3 is 2.35 bits per heavy atom. The lowest BCUT2D eigenvalue weighted by molar-refractivity contribution is -0.131. The van der Waals surface area contributed by atoms with Gasteiger partial charge in [-0.15, -0.1) is 0 Å². The highest BCUT2D eigenvalue weighted by atomic mass is 35.5. The van der Waals surface area contributed by atoms with Crippen molar-refractivity contribution < 1.29 is 13.2 Å². The van der Waals surface area contributed by atoms with E-state index >= 15 is 0 Å². The van der Waals surface area contributed by atoms with Crippen molar-refractivity contribution in [3.63, 3.8) is 0 Å². The van der Waals surface area contributed by atoms with Crippen molar-refractivity contribution in [3.8, 4) is 0 Å². The second-order valence-corrected chi connectivity index (χ2v) is 8.12. The molecule has 0 spiro atoms. The average molecular weight is 381 g/mol. The lowest BCUT2D eigenvalue weighted by Crippen LogP contribution is -2.40. The van der Waals surface area contributed by atoms with E-state index in [2.05, 4.69) is 0 Å². The summed E-state index contributed by atoms with van der Waals surface area (Å²) in [4.78, 5) is 15.4. The van der Waals surface area contributed by atoms with E-state index in [0.29, 0.717) is 18.1 Å². The van der Waals surface area contributed by atoms with E-state index in [9.17, 15) is 13.2 Å². The van der Waals surface area contributed by atoms with E-state index < -0.39 is 9.84 Å². The summed E-state index contributed by atoms with van der Waals surface area (Å²) in [6.07, 6.45) is 0. The second-order valence-electron chi connectivity index (χ2n) is 5.20. The van der Waals surface area contributed by atoms with Crippen LogP contribution in [0.25, 0.3) is 0 Å². The predicted octanol–water partition coefficient (Wildman–Crippen LogP) is 2.57. The molecule has 0 aliphatic rings. The standard InChI is InChI=1S/C15H22Cl2N2O3S/c1-4-19(5-2)15(20)11-18(3)8-9-23(21,22)14-10-12(16)6-7-13(14)17/h6-7,10H,4-5,8-9,11H2,1-3H3. The zero-order chi connectivity index (χ0) is 17.6. The Balaban J connectivity index is 2.69. The molecule has 0 aromatic heterocycles. The number of benzene rings is 1. The first-order valence-electron chi connectivity index (χ1n) is 7.35. The third-order valence-electron chi connectivity index (χ3n) is 3.49. The Labute approximate surface area is 148 Å². The van der Waals surface area contributed by atoms with Crippen LogP contribution < -0.4 is 0 Å². The maximum absolute atomic E-state index is 12.4. The maximum Gasteiger partial charge on any atom is 0.236 e. The molecule has 23 heavy (non-hydrogen) atoms. The van der Waals surface area contributed by atoms with E-state index in [1.54, 1.807) is 16.8 Å². The van der Waals surface area contributed by atoms with Crippen LogP contribution >= 0.6 is 23.2 Å². The van der Waals surface area contributed by atoms with Crippen LogP contribution in [0.4, 0.5) is 0 Å². The molecule has 0 unspecified atom stereocenters. The Morgan fingerprint density at radius 2 is 1.78 bits per heavy atom. The van der Waals surface area contributed by atoms with Crippen molar-refractivity contribution in [2.45, 2.75) is 18.7 Å². The number of sulfone groups is 1. The van der Waals surface area contributed by atoms with Gasteiger partial charge in [-0.25, -0.2) is 8.42 Å². The maximum atomic E-state index is 12.4. The van der Waals surface area contributed by atoms with Crippen LogP contribution in [0.5, 0.6) is 0 Å². The van der Waals surface area contributed by atoms with Crippen LogP contribution in [0.15, 0.2) is 23.1 Å². The number of hydrogen-bond donors (Lipinski definition) is 0. The number of rotatable bonds is 8. The van der Waals surface area contributed by atoms with Gasteiger partial charge in [0.05, 0.1) is 22.2 Å². The molecule has 0 heterocycles. The van der Waals surface area contributed by atoms with Crippen LogP contribution in [0.2, 0.25) is 10.0 Å². The molecule has 130 valence electrons. The highest BCUT2D eigenvalue weighted by Crippen LogP contribution is 2.25. The van der Waals surface area contributed by atoms with Crippen molar-refractivity contribution in [1.29, 1.82) is 0 Å². The second kappa shape index (κ2) is 8.87. The molecule has 0 saturated carbocycles. The van der Waals surface area contributed by atoms with Gasteiger partial charge in [0, 0.05) is 24.7 Å². The van der Waals surface area contributed by atoms with Crippen LogP contribution in [-0.4, -0.2) is 63.1 Å². The van der Waals surface area contributed by atoms with Gasteiger partial charge in [-0.2, -0.15) is 0 Å². The molecule has 0 radical (unpaired) electrons. The minimum absolute atomic E-state index is 0.0179. The summed E-state index contributed by atoms with van der Waals surface area (Å²) in [7, 11) is -1.84. The van der Waals surface area contributed by atoms with E-state index in [-0.39, 0.29) is 34.7 Å². The summed E-state index contributed by atoms with van der Waals surface area (Å²) < 4.78 is 24.8. The van der Waals surface area contributed by atoms with Gasteiger partial charge in [0.25, 0.3) is 0 Å². The third kappa shape index (κ3) is 5.95. The fraction of sp³-hybridized carbons (Fsp3) is 0.533. The monoisotopic (exact) mass is 380 g/mol. The number of carbonyl (C=O) groups excluding carboxylic acids is 1. The molecule has 0 atom stereocenters. The van der Waals surface area contributed by atoms with Gasteiger partial charge in [-0.05, 0) is 39.1 Å². The Morgan fingerprint density at radius 1 is 1.17 bits per heavy atom. The summed E-state index contributed by atoms with van der Waals surface area (Å²) in [6, 6.07) is 4.35. The van der Waals surface area contributed by atoms with Crippen molar-refractivity contribution in [1.82, 2.24) is 9.80 Å². The first-order chi connectivity index (χ1) is 10.7. The van der Waals surface area contributed by atoms with Crippen molar-refractivity contribution in [2.24, 2.45) is 0 Å². The topological polar surface area (TPSA) is 57.7 Å². The smallest absolute Gasteiger partial charge is 0.236 e. The molecule has 0 saturated heterocycles. The van der Waals surface area contributed by atoms with E-state index in [4.69, 9.17) is 23.2 Å². The van der Waals surface area contributed by atoms with E-state index in [1.165, 1.54) is 18.2 Å². The van der Waals surface area contributed by atoms with Crippen LogP contribution in [0.1, 0.15) is 13.8 Å². The number of halogens is 2. The van der Waals surface area contributed by atoms with Gasteiger partial charge in [0.1, 0.15) is 0 Å². The largest absolute Gasteiger partial charge is 0.342 e. The fourth-order valence-corrected chi connectivity index (χ4v) is 4.24. The minimum atomic E-state index is -3.56. The normalized spacial score (nSPS) is 11.7. The van der Waals surface area contributed by atoms with Crippen LogP contribution in [0, 0.1) is 0 Å². The van der Waals surface area contributed by atoms with Gasteiger partial charge in [0.2, 0.25) is 5.91 Å². The minimum Gasteiger partial charge on any atom is -0.342 e. The first kappa shape index (κ1) is 20.2. The van der Waals surface area contributed by atoms with Gasteiger partial charge in [-0.1, -0.05) is 23.2 Å². The molecule has 8 heteroatoms. The van der Waals surface area contributed by atoms with Gasteiger partial charge in [0.15, 0.2) is 9.84 Å². The molecular formula is C15H22Cl2N2O3S. The molecule has 0 N–H and O–H groups in total. The number of likely N-dealkylation sites (N-methyl/N-ethyl adjacent to an activating group) is 2. The molecule has 1 aromatic carbocycles. The molecule has 1 aromatic rings. The molecule has 1 rings (SSSR count). The highest BCUT2D eigenvalue weighted by Gasteiger charge is 2.20. The Kier molecular flexibility index (Phi) is 7.80. The fourth-order valence-electron chi connectivity index (χ4n) is 2.09. The summed E-state index contributed by atoms with van der Waals surface area (Å²) in [6.45, 7) is 5.51. The lowest BCUT2D eigenvalue weighted by atomic mass is 10.4. The van der Waals surface area contributed by atoms with Crippen LogP contribution in [-0.2, 0) is 14.6 Å². The summed E-state index contributed by atoms with van der Waals surface area (Å²) >= 11 is 11.8. The van der Waals surface area contributed by atoms with Crippen molar-refractivity contribution in [2.75, 3.05) is 39.0 Å². The Hall–Kier alpha value is -0.820. The predicted molar refractivity (Wildman–Crippen MR) is 93.9 cm³/mol. The zero-order valence-electron chi connectivity index (χ0n) is 13.6. The summed E-state index contributed by atoms with van der Waals surface area (Å²) in [5.41, 5.74) is 0. The average Bonchev–Trinajstić information content (AvgIpc) is 2.49. The summed E-state index contributed by atoms with van der Waals surface area (Å²) in [5.74, 6) is -0.148. The molecule has 0 fully saturated rings. The number of amides is 1. The van der Waals surface area contributed by atoms with Crippen molar-refractivity contribution in [3.05, 3.63) is 28.2 Å². The SMILES string of the molecule is CCN(CC)C(=O)CN(C)CCS(=O)(=O)c1cc(Cl)ccc1Cl. The molecule has 5 nitrogen and oxygen atoms in total. The molecule has 0 aliphatic heterocycles. The first-order valence-corrected chi connectivity index (χ1v) is 9.76. The Bertz CT molecular complexity index is 646. The van der Waals surface area contributed by atoms with E-state index in [0.717, 1.165) is 0 Å². The quantitative estimate of drug-likeness (QED) is 0.695. The molecule has 0 aliphatic carbocycles. The van der Waals surface area contributed by atoms with Gasteiger partial charge < -0.3 is 4.90 Å². The van der Waals surface area contributed by atoms with Gasteiger partial charge >= 0.3 is 0 Å². The molecular weight excluding hydrogens is 359 g/mol. The van der Waals surface area contributed by atoms with Crippen molar-refractivity contribution >= 4 is 38.9 Å². The summed E-state index contributed by atoms with van der Waals surface area (Å²) in [5, 5.41) is 0.467. The molecule has 0 bridgehead atoms. The van der Waals surface area contributed by atoms with Gasteiger partial charge in [-0.3, -0.25) is 9.69 Å². The van der Waals surface area contributed by atoms with Crippen LogP contribution in [0.3, 0.4) is 0 Å².